The molecule has 4 rings (SSSR count). The van der Waals surface area contributed by atoms with Gasteiger partial charge in [-0.05, 0) is 55.1 Å². The van der Waals surface area contributed by atoms with E-state index in [1.807, 2.05) is 79.0 Å². The van der Waals surface area contributed by atoms with E-state index in [2.05, 4.69) is 74.6 Å². The Labute approximate surface area is 229 Å². The Hall–Kier alpha value is -2.68. The number of rotatable bonds is 5. The fraction of sp³-hybridized carbons (Fsp3) is 0.281. The van der Waals surface area contributed by atoms with Crippen LogP contribution in [0.4, 0.5) is 0 Å². The predicted octanol–water partition coefficient (Wildman–Crippen LogP) is 8.25. The molecular weight excluding hydrogens is 541 g/mol. The van der Waals surface area contributed by atoms with Crippen molar-refractivity contribution in [2.45, 2.75) is 58.0 Å². The van der Waals surface area contributed by atoms with Gasteiger partial charge in [-0.1, -0.05) is 120 Å². The summed E-state index contributed by atoms with van der Waals surface area (Å²) in [4.78, 5) is 4.53. The summed E-state index contributed by atoms with van der Waals surface area (Å²) in [7, 11) is -3.29. The Balaban J connectivity index is 2.15. The van der Waals surface area contributed by atoms with Gasteiger partial charge in [-0.25, -0.2) is 4.98 Å². The van der Waals surface area contributed by atoms with Crippen LogP contribution >= 0.6 is 23.1 Å². The Morgan fingerprint density at radius 2 is 1.19 bits per heavy atom. The second kappa shape index (κ2) is 10.2. The van der Waals surface area contributed by atoms with E-state index in [0.29, 0.717) is 5.75 Å². The molecule has 3 nitrogen and oxygen atoms in total. The van der Waals surface area contributed by atoms with Gasteiger partial charge < -0.3 is 9.67 Å². The molecule has 5 heteroatoms. The van der Waals surface area contributed by atoms with Gasteiger partial charge in [0.1, 0.15) is 10.4 Å². The molecule has 0 fully saturated rings. The molecule has 0 amide bonds. The average molecular weight is 577 g/mol. The maximum atomic E-state index is 15.7. The lowest BCUT2D eigenvalue weighted by atomic mass is 9.78. The van der Waals surface area contributed by atoms with E-state index in [4.69, 9.17) is 0 Å². The second-order valence-electron chi connectivity index (χ2n) is 11.6. The molecule has 0 aliphatic rings. The fourth-order valence-corrected chi connectivity index (χ4v) is 8.37. The smallest absolute Gasteiger partial charge is 0.154 e. The maximum Gasteiger partial charge on any atom is 0.154 e. The number of aromatic hydroxyl groups is 1. The molecule has 3 aromatic carbocycles. The average Bonchev–Trinajstić information content (AvgIpc) is 2.85. The maximum absolute atomic E-state index is 15.7. The summed E-state index contributed by atoms with van der Waals surface area (Å²) < 4.78 is 16.4. The molecule has 0 bridgehead atoms. The van der Waals surface area contributed by atoms with E-state index in [9.17, 15) is 5.11 Å². The zero-order valence-corrected chi connectivity index (χ0v) is 24.8. The first-order valence-electron chi connectivity index (χ1n) is 12.5. The van der Waals surface area contributed by atoms with Crippen molar-refractivity contribution in [3.8, 4) is 5.75 Å². The molecule has 0 saturated heterocycles. The summed E-state index contributed by atoms with van der Waals surface area (Å²) in [5, 5.41) is 13.0. The Morgan fingerprint density at radius 3 is 1.57 bits per heavy atom. The second-order valence-corrected chi connectivity index (χ2v) is 15.3. The van der Waals surface area contributed by atoms with Crippen molar-refractivity contribution in [2.75, 3.05) is 0 Å². The third kappa shape index (κ3) is 5.47. The molecule has 0 aliphatic carbocycles. The first kappa shape index (κ1) is 27.4. The van der Waals surface area contributed by atoms with Crippen LogP contribution < -0.4 is 10.6 Å². The lowest BCUT2D eigenvalue weighted by Crippen LogP contribution is -2.24. The minimum Gasteiger partial charge on any atom is -0.507 e. The van der Waals surface area contributed by atoms with Crippen LogP contribution in [0.5, 0.6) is 5.75 Å². The topological polar surface area (TPSA) is 50.2 Å². The molecular formula is C32H35BrNO2P. The zero-order valence-electron chi connectivity index (χ0n) is 22.4. The summed E-state index contributed by atoms with van der Waals surface area (Å²) in [5.41, 5.74) is 2.34. The van der Waals surface area contributed by atoms with Crippen molar-refractivity contribution in [1.29, 1.82) is 0 Å². The van der Waals surface area contributed by atoms with Crippen molar-refractivity contribution in [2.24, 2.45) is 0 Å². The Kier molecular flexibility index (Phi) is 7.57. The van der Waals surface area contributed by atoms with Crippen LogP contribution in [-0.2, 0) is 15.4 Å². The molecule has 1 heterocycles. The number of hydrogen-bond acceptors (Lipinski definition) is 3. The highest BCUT2D eigenvalue weighted by molar-refractivity contribution is 9.10. The number of hydrogen-bond donors (Lipinski definition) is 1. The molecule has 4 aromatic rings. The van der Waals surface area contributed by atoms with E-state index in [1.165, 1.54) is 0 Å². The molecule has 0 aliphatic heterocycles. The molecule has 1 N–H and O–H groups in total. The fourth-order valence-electron chi connectivity index (χ4n) is 4.87. The van der Waals surface area contributed by atoms with Crippen molar-refractivity contribution in [3.63, 3.8) is 0 Å². The number of phenolic OH excluding ortho intramolecular Hbond substituents is 1. The monoisotopic (exact) mass is 575 g/mol. The van der Waals surface area contributed by atoms with Crippen molar-refractivity contribution in [1.82, 2.24) is 4.98 Å². The summed E-state index contributed by atoms with van der Waals surface area (Å²) in [6, 6.07) is 27.5. The van der Waals surface area contributed by atoms with Gasteiger partial charge in [0.05, 0.1) is 5.66 Å². The lowest BCUT2D eigenvalue weighted by molar-refractivity contribution is 0.422. The van der Waals surface area contributed by atoms with Crippen LogP contribution in [0.25, 0.3) is 0 Å². The van der Waals surface area contributed by atoms with Gasteiger partial charge >= 0.3 is 0 Å². The summed E-state index contributed by atoms with van der Waals surface area (Å²) in [6.45, 7) is 12.6. The number of pyridine rings is 1. The lowest BCUT2D eigenvalue weighted by Gasteiger charge is -2.33. The normalized spacial score (nSPS) is 13.4. The minimum absolute atomic E-state index is 0.311. The summed E-state index contributed by atoms with van der Waals surface area (Å²) in [6.07, 6.45) is 1.81. The molecule has 1 unspecified atom stereocenters. The summed E-state index contributed by atoms with van der Waals surface area (Å²) in [5.74, 6) is 0.311. The third-order valence-electron chi connectivity index (χ3n) is 6.77. The highest BCUT2D eigenvalue weighted by Gasteiger charge is 2.40. The molecule has 1 atom stereocenters. The molecule has 0 saturated carbocycles. The van der Waals surface area contributed by atoms with Gasteiger partial charge in [0.2, 0.25) is 0 Å². The largest absolute Gasteiger partial charge is 0.507 e. The highest BCUT2D eigenvalue weighted by atomic mass is 79.9. The van der Waals surface area contributed by atoms with E-state index >= 15 is 4.57 Å². The van der Waals surface area contributed by atoms with Crippen molar-refractivity contribution in [3.05, 3.63) is 118 Å². The number of aromatic nitrogens is 1. The first-order valence-corrected chi connectivity index (χ1v) is 15.1. The van der Waals surface area contributed by atoms with E-state index in [0.717, 1.165) is 37.5 Å². The number of benzene rings is 3. The van der Waals surface area contributed by atoms with E-state index in [1.54, 1.807) is 0 Å². The van der Waals surface area contributed by atoms with Crippen LogP contribution in [0.1, 0.15) is 69.5 Å². The molecule has 37 heavy (non-hydrogen) atoms. The van der Waals surface area contributed by atoms with Gasteiger partial charge in [0, 0.05) is 16.8 Å². The van der Waals surface area contributed by atoms with Crippen LogP contribution in [0, 0.1) is 0 Å². The minimum atomic E-state index is -3.29. The van der Waals surface area contributed by atoms with Gasteiger partial charge in [-0.3, -0.25) is 0 Å². The van der Waals surface area contributed by atoms with Crippen LogP contribution in [0.2, 0.25) is 0 Å². The van der Waals surface area contributed by atoms with Gasteiger partial charge in [-0.15, -0.1) is 0 Å². The van der Waals surface area contributed by atoms with Crippen molar-refractivity contribution < 1.29 is 9.67 Å². The third-order valence-corrected chi connectivity index (χ3v) is 10.7. The first-order chi connectivity index (χ1) is 17.3. The predicted molar refractivity (Wildman–Crippen MR) is 159 cm³/mol. The Bertz CT molecular complexity index is 1340. The number of halogens is 1. The van der Waals surface area contributed by atoms with Crippen molar-refractivity contribution >= 4 is 33.7 Å². The van der Waals surface area contributed by atoms with Crippen LogP contribution in [0.15, 0.2) is 95.7 Å². The quantitative estimate of drug-likeness (QED) is 0.192. The molecule has 192 valence electrons. The van der Waals surface area contributed by atoms with Gasteiger partial charge in [0.15, 0.2) is 7.14 Å². The summed E-state index contributed by atoms with van der Waals surface area (Å²) >= 11 is 3.46. The number of nitrogens with zero attached hydrogens (tertiary/aromatic N) is 1. The Morgan fingerprint density at radius 1 is 0.730 bits per heavy atom. The SMILES string of the molecule is CC(C)(C)c1cc(C(c2ccc(Br)nc2)P(=O)(c2ccccc2)c2ccccc2)cc(C(C)(C)C)c1O. The van der Waals surface area contributed by atoms with Gasteiger partial charge in [-0.2, -0.15) is 0 Å². The van der Waals surface area contributed by atoms with Crippen LogP contribution in [-0.4, -0.2) is 10.1 Å². The number of phenols is 1. The highest BCUT2D eigenvalue weighted by Crippen LogP contribution is 2.61. The molecule has 1 aromatic heterocycles. The standard InChI is InChI=1S/C32H35BrNO2P/c1-31(2,3)26-19-23(20-27(29(26)35)32(4,5)6)30(22-17-18-28(33)34-21-22)37(36,24-13-9-7-10-14-24)25-15-11-8-12-16-25/h7-21,30,35H,1-6H3. The molecule has 0 radical (unpaired) electrons. The van der Waals surface area contributed by atoms with E-state index in [-0.39, 0.29) is 10.8 Å². The molecule has 0 spiro atoms. The van der Waals surface area contributed by atoms with Crippen LogP contribution in [0.3, 0.4) is 0 Å². The van der Waals surface area contributed by atoms with E-state index < -0.39 is 12.8 Å². The van der Waals surface area contributed by atoms with Gasteiger partial charge in [0.25, 0.3) is 0 Å². The zero-order chi connectivity index (χ0) is 27.0.